The molecule has 2 aliphatic rings. The van der Waals surface area contributed by atoms with Crippen LogP contribution in [0.2, 0.25) is 10.0 Å². The Morgan fingerprint density at radius 1 is 1.22 bits per heavy atom. The molecule has 1 aliphatic carbocycles. The standard InChI is InChI=1S/C16H17Cl2NO4/c17-9-1-2-10(13(18)7-9)11-8-12(11)14(20)19-5-3-16(23,4-6-19)15(21)22/h1-2,7,11-12,23H,3-6,8H2,(H,21,22). The van der Waals surface area contributed by atoms with Crippen molar-refractivity contribution in [1.29, 1.82) is 0 Å². The van der Waals surface area contributed by atoms with Crippen molar-refractivity contribution in [2.45, 2.75) is 30.8 Å². The monoisotopic (exact) mass is 357 g/mol. The summed E-state index contributed by atoms with van der Waals surface area (Å²) in [4.78, 5) is 25.2. The van der Waals surface area contributed by atoms with Crippen molar-refractivity contribution >= 4 is 35.1 Å². The van der Waals surface area contributed by atoms with Gasteiger partial charge in [-0.15, -0.1) is 0 Å². The van der Waals surface area contributed by atoms with Gasteiger partial charge < -0.3 is 15.1 Å². The van der Waals surface area contributed by atoms with Gasteiger partial charge in [-0.05, 0) is 30.0 Å². The largest absolute Gasteiger partial charge is 0.479 e. The molecule has 2 atom stereocenters. The molecular formula is C16H17Cl2NO4. The number of carbonyl (C=O) groups is 2. The minimum atomic E-state index is -1.71. The van der Waals surface area contributed by atoms with E-state index < -0.39 is 11.6 Å². The number of rotatable bonds is 3. The number of piperidine rings is 1. The van der Waals surface area contributed by atoms with Crippen molar-refractivity contribution < 1.29 is 19.8 Å². The zero-order valence-electron chi connectivity index (χ0n) is 12.3. The highest BCUT2D eigenvalue weighted by molar-refractivity contribution is 6.35. The van der Waals surface area contributed by atoms with Crippen LogP contribution >= 0.6 is 23.2 Å². The van der Waals surface area contributed by atoms with Crippen LogP contribution in [0.4, 0.5) is 0 Å². The summed E-state index contributed by atoms with van der Waals surface area (Å²) >= 11 is 12.1. The fourth-order valence-corrected chi connectivity index (χ4v) is 3.71. The molecule has 0 aromatic heterocycles. The lowest BCUT2D eigenvalue weighted by Gasteiger charge is -2.35. The fourth-order valence-electron chi connectivity index (χ4n) is 3.16. The van der Waals surface area contributed by atoms with Gasteiger partial charge in [0.15, 0.2) is 5.60 Å². The molecule has 2 N–H and O–H groups in total. The summed E-state index contributed by atoms with van der Waals surface area (Å²) in [6.07, 6.45) is 0.861. The van der Waals surface area contributed by atoms with Crippen LogP contribution in [0, 0.1) is 5.92 Å². The lowest BCUT2D eigenvalue weighted by Crippen LogP contribution is -2.51. The number of halogens is 2. The molecule has 1 aromatic rings. The van der Waals surface area contributed by atoms with Crippen molar-refractivity contribution in [3.63, 3.8) is 0 Å². The van der Waals surface area contributed by atoms with E-state index in [2.05, 4.69) is 0 Å². The molecule has 1 heterocycles. The van der Waals surface area contributed by atoms with Crippen LogP contribution in [-0.2, 0) is 9.59 Å². The number of hydrogen-bond acceptors (Lipinski definition) is 3. The third kappa shape index (κ3) is 3.18. The third-order valence-electron chi connectivity index (χ3n) is 4.77. The Morgan fingerprint density at radius 3 is 2.43 bits per heavy atom. The number of aliphatic hydroxyl groups is 1. The summed E-state index contributed by atoms with van der Waals surface area (Å²) in [7, 11) is 0. The van der Waals surface area contributed by atoms with Gasteiger partial charge in [-0.25, -0.2) is 4.79 Å². The summed E-state index contributed by atoms with van der Waals surface area (Å²) in [5.41, 5.74) is -0.785. The molecule has 0 radical (unpaired) electrons. The maximum Gasteiger partial charge on any atom is 0.335 e. The Bertz CT molecular complexity index is 655. The zero-order chi connectivity index (χ0) is 16.8. The van der Waals surface area contributed by atoms with Gasteiger partial charge in [-0.3, -0.25) is 4.79 Å². The number of amides is 1. The van der Waals surface area contributed by atoms with Gasteiger partial charge >= 0.3 is 5.97 Å². The minimum absolute atomic E-state index is 0.00783. The molecule has 2 fully saturated rings. The number of carboxylic acids is 1. The highest BCUT2D eigenvalue weighted by Crippen LogP contribution is 2.51. The van der Waals surface area contributed by atoms with Gasteiger partial charge in [0, 0.05) is 41.9 Å². The fraction of sp³-hybridized carbons (Fsp3) is 0.500. The Morgan fingerprint density at radius 2 is 1.87 bits per heavy atom. The van der Waals surface area contributed by atoms with Crippen LogP contribution < -0.4 is 0 Å². The van der Waals surface area contributed by atoms with Crippen molar-refractivity contribution in [1.82, 2.24) is 4.90 Å². The van der Waals surface area contributed by atoms with E-state index in [4.69, 9.17) is 28.3 Å². The summed E-state index contributed by atoms with van der Waals surface area (Å²) in [5, 5.41) is 20.1. The van der Waals surface area contributed by atoms with Crippen molar-refractivity contribution in [2.24, 2.45) is 5.92 Å². The average molecular weight is 358 g/mol. The molecule has 1 aliphatic heterocycles. The smallest absolute Gasteiger partial charge is 0.335 e. The second-order valence-electron chi connectivity index (χ2n) is 6.28. The van der Waals surface area contributed by atoms with E-state index in [0.717, 1.165) is 12.0 Å². The molecule has 7 heteroatoms. The van der Waals surface area contributed by atoms with Crippen molar-refractivity contribution in [2.75, 3.05) is 13.1 Å². The lowest BCUT2D eigenvalue weighted by atomic mass is 9.91. The summed E-state index contributed by atoms with van der Waals surface area (Å²) < 4.78 is 0. The molecule has 0 spiro atoms. The van der Waals surface area contributed by atoms with Gasteiger partial charge in [0.2, 0.25) is 5.91 Å². The quantitative estimate of drug-likeness (QED) is 0.871. The van der Waals surface area contributed by atoms with Gasteiger partial charge in [0.25, 0.3) is 0 Å². The maximum atomic E-state index is 12.5. The lowest BCUT2D eigenvalue weighted by molar-refractivity contribution is -0.165. The van der Waals surface area contributed by atoms with Crippen LogP contribution in [0.3, 0.4) is 0 Å². The van der Waals surface area contributed by atoms with Gasteiger partial charge in [-0.1, -0.05) is 29.3 Å². The van der Waals surface area contributed by atoms with Crippen LogP contribution in [0.15, 0.2) is 18.2 Å². The Balaban J connectivity index is 1.62. The number of aliphatic carboxylic acids is 1. The average Bonchev–Trinajstić information content (AvgIpc) is 3.27. The van der Waals surface area contributed by atoms with E-state index >= 15 is 0 Å². The van der Waals surface area contributed by atoms with Gasteiger partial charge in [-0.2, -0.15) is 0 Å². The first kappa shape index (κ1) is 16.6. The number of carbonyl (C=O) groups excluding carboxylic acids is 1. The second-order valence-corrected chi connectivity index (χ2v) is 7.12. The van der Waals surface area contributed by atoms with Crippen molar-refractivity contribution in [3.8, 4) is 0 Å². The summed E-state index contributed by atoms with van der Waals surface area (Å²) in [6.45, 7) is 0.526. The van der Waals surface area contributed by atoms with E-state index in [0.29, 0.717) is 10.0 Å². The normalized spacial score (nSPS) is 26.0. The second kappa shape index (κ2) is 5.96. The highest BCUT2D eigenvalue weighted by Gasteiger charge is 2.48. The first-order valence-electron chi connectivity index (χ1n) is 7.51. The molecule has 2 unspecified atom stereocenters. The minimum Gasteiger partial charge on any atom is -0.479 e. The highest BCUT2D eigenvalue weighted by atomic mass is 35.5. The molecule has 1 saturated carbocycles. The van der Waals surface area contributed by atoms with Gasteiger partial charge in [0.05, 0.1) is 0 Å². The third-order valence-corrected chi connectivity index (χ3v) is 5.33. The number of carboxylic acid groups (broad SMARTS) is 1. The SMILES string of the molecule is O=C(C1CC1c1ccc(Cl)cc1Cl)N1CCC(O)(C(=O)O)CC1. The van der Waals surface area contributed by atoms with E-state index in [-0.39, 0.29) is 43.7 Å². The number of nitrogens with zero attached hydrogens (tertiary/aromatic N) is 1. The molecule has 124 valence electrons. The molecule has 1 saturated heterocycles. The summed E-state index contributed by atoms with van der Waals surface area (Å²) in [6, 6.07) is 5.28. The predicted octanol–water partition coefficient (Wildman–Crippen LogP) is 2.54. The number of hydrogen-bond donors (Lipinski definition) is 2. The first-order chi connectivity index (χ1) is 10.8. The van der Waals surface area contributed by atoms with Crippen LogP contribution in [0.25, 0.3) is 0 Å². The molecule has 1 amide bonds. The van der Waals surface area contributed by atoms with E-state index in [1.165, 1.54) is 0 Å². The molecule has 0 bridgehead atoms. The van der Waals surface area contributed by atoms with Crippen LogP contribution in [0.5, 0.6) is 0 Å². The number of likely N-dealkylation sites (tertiary alicyclic amines) is 1. The molecule has 1 aromatic carbocycles. The predicted molar refractivity (Wildman–Crippen MR) is 85.7 cm³/mol. The zero-order valence-corrected chi connectivity index (χ0v) is 13.8. The van der Waals surface area contributed by atoms with E-state index in [1.54, 1.807) is 17.0 Å². The summed E-state index contributed by atoms with van der Waals surface area (Å²) in [5.74, 6) is -1.24. The Kier molecular flexibility index (Phi) is 4.29. The molecule has 23 heavy (non-hydrogen) atoms. The first-order valence-corrected chi connectivity index (χ1v) is 8.27. The van der Waals surface area contributed by atoms with Crippen LogP contribution in [-0.4, -0.2) is 45.7 Å². The molecular weight excluding hydrogens is 341 g/mol. The Labute approximate surface area is 143 Å². The van der Waals surface area contributed by atoms with E-state index in [9.17, 15) is 14.7 Å². The van der Waals surface area contributed by atoms with Crippen molar-refractivity contribution in [3.05, 3.63) is 33.8 Å². The van der Waals surface area contributed by atoms with Crippen LogP contribution in [0.1, 0.15) is 30.7 Å². The van der Waals surface area contributed by atoms with E-state index in [1.807, 2.05) is 6.07 Å². The molecule has 5 nitrogen and oxygen atoms in total. The maximum absolute atomic E-state index is 12.5. The topological polar surface area (TPSA) is 77.8 Å². The molecule has 3 rings (SSSR count). The van der Waals surface area contributed by atoms with Gasteiger partial charge in [0.1, 0.15) is 0 Å². The number of benzene rings is 1. The Hall–Kier alpha value is -1.30.